The zero-order valence-corrected chi connectivity index (χ0v) is 13.4. The average Bonchev–Trinajstić information content (AvgIpc) is 2.41. The lowest BCUT2D eigenvalue weighted by Crippen LogP contribution is -2.36. The molecule has 0 saturated heterocycles. The van der Waals surface area contributed by atoms with Crippen LogP contribution in [0.1, 0.15) is 12.0 Å². The van der Waals surface area contributed by atoms with E-state index in [9.17, 15) is 0 Å². The van der Waals surface area contributed by atoms with E-state index in [4.69, 9.17) is 0 Å². The Bertz CT molecular complexity index is 349. The summed E-state index contributed by atoms with van der Waals surface area (Å²) in [4.78, 5) is 3.94. The van der Waals surface area contributed by atoms with Crippen molar-refractivity contribution in [3.63, 3.8) is 0 Å². The van der Waals surface area contributed by atoms with Crippen LogP contribution in [0.25, 0.3) is 0 Å². The quantitative estimate of drug-likeness (QED) is 0.830. The van der Waals surface area contributed by atoms with Gasteiger partial charge in [-0.25, -0.2) is 0 Å². The summed E-state index contributed by atoms with van der Waals surface area (Å²) in [7, 11) is -0.922. The second-order valence-electron chi connectivity index (χ2n) is 5.99. The zero-order valence-electron chi connectivity index (χ0n) is 12.4. The molecule has 4 heteroatoms. The molecule has 1 aromatic rings. The van der Waals surface area contributed by atoms with E-state index in [0.717, 1.165) is 19.6 Å². The summed E-state index contributed by atoms with van der Waals surface area (Å²) in [5.41, 5.74) is 1.38. The van der Waals surface area contributed by atoms with Gasteiger partial charge in [-0.3, -0.25) is 4.99 Å². The largest absolute Gasteiger partial charge is 0.376 e. The van der Waals surface area contributed by atoms with E-state index in [-0.39, 0.29) is 0 Å². The highest BCUT2D eigenvalue weighted by molar-refractivity contribution is 6.76. The number of rotatable bonds is 4. The molecule has 106 valence electrons. The van der Waals surface area contributed by atoms with Gasteiger partial charge in [-0.1, -0.05) is 50.0 Å². The molecule has 0 fully saturated rings. The standard InChI is InChI=1S/C11H19NSi.C4H8N2/c1-13(2,3)10-12-9-11-7-5-4-6-8-11;1-2-5-4-6-3-1/h4-8,12H,9-10H2,1-3H3;4H,1-3H2,(H,5,6). The van der Waals surface area contributed by atoms with Gasteiger partial charge in [0.1, 0.15) is 0 Å². The van der Waals surface area contributed by atoms with Crippen molar-refractivity contribution in [3.8, 4) is 0 Å². The van der Waals surface area contributed by atoms with Gasteiger partial charge in [0.05, 0.1) is 14.4 Å². The fourth-order valence-corrected chi connectivity index (χ4v) is 2.52. The van der Waals surface area contributed by atoms with E-state index in [1.807, 2.05) is 0 Å². The van der Waals surface area contributed by atoms with E-state index < -0.39 is 8.07 Å². The lowest BCUT2D eigenvalue weighted by atomic mass is 10.2. The highest BCUT2D eigenvalue weighted by atomic mass is 28.3. The summed E-state index contributed by atoms with van der Waals surface area (Å²) in [5, 5.41) is 6.50. The monoisotopic (exact) mass is 277 g/mol. The molecule has 0 amide bonds. The first-order valence-corrected chi connectivity index (χ1v) is 10.7. The van der Waals surface area contributed by atoms with Crippen LogP contribution in [-0.2, 0) is 6.54 Å². The van der Waals surface area contributed by atoms with Crippen molar-refractivity contribution in [1.29, 1.82) is 0 Å². The molecule has 1 aliphatic heterocycles. The van der Waals surface area contributed by atoms with Gasteiger partial charge >= 0.3 is 0 Å². The molecule has 0 atom stereocenters. The third-order valence-electron chi connectivity index (χ3n) is 2.62. The van der Waals surface area contributed by atoms with E-state index in [1.54, 1.807) is 6.34 Å². The van der Waals surface area contributed by atoms with Crippen molar-refractivity contribution in [2.45, 2.75) is 32.6 Å². The van der Waals surface area contributed by atoms with Gasteiger partial charge in [0.25, 0.3) is 0 Å². The Hall–Kier alpha value is -1.13. The SMILES string of the molecule is C1=NCCCN1.C[Si](C)(C)CNCc1ccccc1. The van der Waals surface area contributed by atoms with Gasteiger partial charge in [0.2, 0.25) is 0 Å². The van der Waals surface area contributed by atoms with Crippen LogP contribution < -0.4 is 10.6 Å². The maximum absolute atomic E-state index is 3.94. The second-order valence-corrected chi connectivity index (χ2v) is 11.5. The van der Waals surface area contributed by atoms with E-state index in [0.29, 0.717) is 0 Å². The Morgan fingerprint density at radius 3 is 2.37 bits per heavy atom. The predicted octanol–water partition coefficient (Wildman–Crippen LogP) is 2.66. The Morgan fingerprint density at radius 1 is 1.21 bits per heavy atom. The smallest absolute Gasteiger partial charge is 0.0823 e. The Morgan fingerprint density at radius 2 is 1.95 bits per heavy atom. The fraction of sp³-hybridized carbons (Fsp3) is 0.533. The molecule has 3 nitrogen and oxygen atoms in total. The Balaban J connectivity index is 0.000000250. The molecule has 0 unspecified atom stereocenters. The van der Waals surface area contributed by atoms with Crippen molar-refractivity contribution >= 4 is 14.4 Å². The lowest BCUT2D eigenvalue weighted by molar-refractivity contribution is 0.755. The number of benzene rings is 1. The van der Waals surface area contributed by atoms with Crippen LogP contribution in [0.5, 0.6) is 0 Å². The van der Waals surface area contributed by atoms with Gasteiger partial charge in [-0.05, 0) is 18.2 Å². The summed E-state index contributed by atoms with van der Waals surface area (Å²) >= 11 is 0. The Kier molecular flexibility index (Phi) is 7.44. The average molecular weight is 277 g/mol. The van der Waals surface area contributed by atoms with Crippen molar-refractivity contribution in [1.82, 2.24) is 10.6 Å². The highest BCUT2D eigenvalue weighted by Gasteiger charge is 2.11. The maximum Gasteiger partial charge on any atom is 0.0823 e. The van der Waals surface area contributed by atoms with E-state index in [2.05, 4.69) is 65.6 Å². The minimum Gasteiger partial charge on any atom is -0.376 e. The van der Waals surface area contributed by atoms with Gasteiger partial charge in [-0.15, -0.1) is 0 Å². The molecule has 2 N–H and O–H groups in total. The third-order valence-corrected chi connectivity index (χ3v) is 3.93. The molecule has 1 aliphatic rings. The third kappa shape index (κ3) is 9.45. The molecular formula is C15H27N3Si. The van der Waals surface area contributed by atoms with Crippen molar-refractivity contribution in [2.75, 3.05) is 19.3 Å². The summed E-state index contributed by atoms with van der Waals surface area (Å²) in [6.07, 6.45) is 4.15. The predicted molar refractivity (Wildman–Crippen MR) is 87.5 cm³/mol. The number of hydrogen-bond donors (Lipinski definition) is 2. The highest BCUT2D eigenvalue weighted by Crippen LogP contribution is 2.00. The molecule has 0 saturated carbocycles. The number of aliphatic imine (C=N–C) groups is 1. The normalized spacial score (nSPS) is 14.3. The molecule has 1 aromatic carbocycles. The topological polar surface area (TPSA) is 36.4 Å². The van der Waals surface area contributed by atoms with Crippen molar-refractivity contribution in [3.05, 3.63) is 35.9 Å². The van der Waals surface area contributed by atoms with E-state index in [1.165, 1.54) is 18.2 Å². The first-order chi connectivity index (χ1) is 9.08. The molecule has 0 bridgehead atoms. The molecule has 0 aromatic heterocycles. The van der Waals surface area contributed by atoms with Crippen LogP contribution in [0, 0.1) is 0 Å². The lowest BCUT2D eigenvalue weighted by Gasteiger charge is -2.16. The summed E-state index contributed by atoms with van der Waals surface area (Å²) in [6, 6.07) is 10.6. The Labute approximate surface area is 118 Å². The van der Waals surface area contributed by atoms with Crippen molar-refractivity contribution < 1.29 is 0 Å². The van der Waals surface area contributed by atoms with Crippen LogP contribution in [-0.4, -0.2) is 33.7 Å². The fourth-order valence-electron chi connectivity index (χ4n) is 1.64. The minimum absolute atomic E-state index is 0.922. The van der Waals surface area contributed by atoms with E-state index >= 15 is 0 Å². The van der Waals surface area contributed by atoms with Gasteiger partial charge in [0.15, 0.2) is 0 Å². The number of hydrogen-bond acceptors (Lipinski definition) is 3. The number of nitrogens with zero attached hydrogens (tertiary/aromatic N) is 1. The van der Waals surface area contributed by atoms with Gasteiger partial charge in [-0.2, -0.15) is 0 Å². The van der Waals surface area contributed by atoms with Crippen LogP contribution in [0.3, 0.4) is 0 Å². The van der Waals surface area contributed by atoms with Crippen LogP contribution in [0.4, 0.5) is 0 Å². The molecule has 0 aliphatic carbocycles. The second kappa shape index (κ2) is 8.88. The molecule has 2 rings (SSSR count). The molecule has 1 heterocycles. The first kappa shape index (κ1) is 15.9. The molecule has 19 heavy (non-hydrogen) atoms. The molecule has 0 radical (unpaired) electrons. The van der Waals surface area contributed by atoms with Gasteiger partial charge in [0, 0.05) is 19.6 Å². The molecule has 0 spiro atoms. The van der Waals surface area contributed by atoms with Crippen LogP contribution in [0.2, 0.25) is 19.6 Å². The summed E-state index contributed by atoms with van der Waals surface area (Å²) in [6.45, 7) is 10.3. The minimum atomic E-state index is -0.922. The van der Waals surface area contributed by atoms with Crippen molar-refractivity contribution in [2.24, 2.45) is 4.99 Å². The van der Waals surface area contributed by atoms with Gasteiger partial charge < -0.3 is 10.6 Å². The summed E-state index contributed by atoms with van der Waals surface area (Å²) in [5.74, 6) is 0. The summed E-state index contributed by atoms with van der Waals surface area (Å²) < 4.78 is 0. The van der Waals surface area contributed by atoms with Crippen LogP contribution >= 0.6 is 0 Å². The maximum atomic E-state index is 3.94. The zero-order chi connectivity index (χ0) is 14.0. The first-order valence-electron chi connectivity index (χ1n) is 7.04. The molecular weight excluding hydrogens is 250 g/mol. The van der Waals surface area contributed by atoms with Crippen LogP contribution in [0.15, 0.2) is 35.3 Å². The number of nitrogens with one attached hydrogen (secondary N) is 2.